The fourth-order valence-corrected chi connectivity index (χ4v) is 4.18. The van der Waals surface area contributed by atoms with Crippen molar-refractivity contribution in [3.8, 4) is 5.75 Å². The molecular weight excluding hydrogens is 415 g/mol. The Bertz CT molecular complexity index is 990. The molecule has 3 rings (SSSR count). The van der Waals surface area contributed by atoms with E-state index in [0.29, 0.717) is 0 Å². The van der Waals surface area contributed by atoms with Crippen LogP contribution >= 0.6 is 0 Å². The van der Waals surface area contributed by atoms with Gasteiger partial charge in [0.05, 0.1) is 4.90 Å². The molecule has 2 aromatic rings. The summed E-state index contributed by atoms with van der Waals surface area (Å²) in [6.07, 6.45) is -2.19. The molecule has 1 amide bonds. The molecule has 1 saturated heterocycles. The van der Waals surface area contributed by atoms with Crippen LogP contribution in [0.3, 0.4) is 0 Å². The van der Waals surface area contributed by atoms with E-state index in [4.69, 9.17) is 5.73 Å². The van der Waals surface area contributed by atoms with E-state index in [1.807, 2.05) is 0 Å². The number of carbonyl (C=O) groups excluding carboxylic acids is 1. The molecule has 0 saturated carbocycles. The molecule has 0 unspecified atom stereocenters. The maximum atomic E-state index is 12.7. The van der Waals surface area contributed by atoms with Crippen LogP contribution in [-0.4, -0.2) is 66.0 Å². The van der Waals surface area contributed by atoms with Crippen molar-refractivity contribution in [2.75, 3.05) is 31.9 Å². The highest BCUT2D eigenvalue weighted by Crippen LogP contribution is 2.25. The van der Waals surface area contributed by atoms with Crippen LogP contribution in [0.2, 0.25) is 0 Å². The second-order valence-corrected chi connectivity index (χ2v) is 7.94. The third kappa shape index (κ3) is 4.74. The number of hydrogen-bond donors (Lipinski definition) is 1. The molecule has 0 atom stereocenters. The summed E-state index contributed by atoms with van der Waals surface area (Å²) in [7, 11) is -3.94. The van der Waals surface area contributed by atoms with Gasteiger partial charge in [-0.1, -0.05) is 0 Å². The molecule has 0 radical (unpaired) electrons. The Kier molecular flexibility index (Phi) is 5.61. The molecule has 9 nitrogen and oxygen atoms in total. The Morgan fingerprint density at radius 1 is 1.03 bits per heavy atom. The first-order valence-electron chi connectivity index (χ1n) is 8.29. The Morgan fingerprint density at radius 3 is 2.17 bits per heavy atom. The summed E-state index contributed by atoms with van der Waals surface area (Å²) in [4.78, 5) is 21.4. The average Bonchev–Trinajstić information content (AvgIpc) is 2.67. The number of sulfonamides is 1. The maximum absolute atomic E-state index is 12.7. The Hall–Kier alpha value is -2.93. The lowest BCUT2D eigenvalue weighted by Crippen LogP contribution is -2.50. The van der Waals surface area contributed by atoms with Crippen molar-refractivity contribution in [1.29, 1.82) is 0 Å². The number of nitrogens with two attached hydrogens (primary N) is 1. The SMILES string of the molecule is Nc1nccnc1C(=O)N1CCN(S(=O)(=O)c2ccc(OC(F)(F)F)cc2)CC1. The van der Waals surface area contributed by atoms with Crippen molar-refractivity contribution in [2.45, 2.75) is 11.3 Å². The zero-order chi connectivity index (χ0) is 21.2. The van der Waals surface area contributed by atoms with Crippen molar-refractivity contribution in [3.05, 3.63) is 42.4 Å². The van der Waals surface area contributed by atoms with Gasteiger partial charge in [0.25, 0.3) is 5.91 Å². The van der Waals surface area contributed by atoms with Gasteiger partial charge < -0.3 is 15.4 Å². The van der Waals surface area contributed by atoms with E-state index in [-0.39, 0.29) is 42.6 Å². The van der Waals surface area contributed by atoms with Crippen LogP contribution in [-0.2, 0) is 10.0 Å². The molecule has 0 aliphatic carbocycles. The van der Waals surface area contributed by atoms with Crippen molar-refractivity contribution < 1.29 is 31.1 Å². The van der Waals surface area contributed by atoms with E-state index >= 15 is 0 Å². The number of carbonyl (C=O) groups is 1. The summed E-state index contributed by atoms with van der Waals surface area (Å²) in [6, 6.07) is 3.93. The van der Waals surface area contributed by atoms with Gasteiger partial charge in [-0.05, 0) is 24.3 Å². The normalized spacial score (nSPS) is 15.9. The predicted octanol–water partition coefficient (Wildman–Crippen LogP) is 1.10. The first kappa shape index (κ1) is 20.8. The van der Waals surface area contributed by atoms with Crippen LogP contribution in [0.4, 0.5) is 19.0 Å². The summed E-state index contributed by atoms with van der Waals surface area (Å²) < 4.78 is 66.9. The summed E-state index contributed by atoms with van der Waals surface area (Å²) in [5, 5.41) is 0. The summed E-state index contributed by atoms with van der Waals surface area (Å²) in [5.41, 5.74) is 5.63. The van der Waals surface area contributed by atoms with Gasteiger partial charge in [-0.3, -0.25) is 4.79 Å². The van der Waals surface area contributed by atoms with Crippen LogP contribution in [0.1, 0.15) is 10.5 Å². The van der Waals surface area contributed by atoms with Gasteiger partial charge in [0.1, 0.15) is 5.75 Å². The van der Waals surface area contributed by atoms with Crippen molar-refractivity contribution in [1.82, 2.24) is 19.2 Å². The van der Waals surface area contributed by atoms with Gasteiger partial charge in [0.2, 0.25) is 10.0 Å². The summed E-state index contributed by atoms with van der Waals surface area (Å²) in [6.45, 7) is 0.219. The standard InChI is InChI=1S/C16H16F3N5O4S/c17-16(18,19)28-11-1-3-12(4-2-11)29(26,27)24-9-7-23(8-10-24)15(25)13-14(20)22-6-5-21-13/h1-6H,7-10H2,(H2,20,22). The monoisotopic (exact) mass is 431 g/mol. The van der Waals surface area contributed by atoms with Crippen molar-refractivity contribution >= 4 is 21.7 Å². The van der Waals surface area contributed by atoms with Crippen LogP contribution in [0.15, 0.2) is 41.6 Å². The van der Waals surface area contributed by atoms with Gasteiger partial charge >= 0.3 is 6.36 Å². The lowest BCUT2D eigenvalue weighted by Gasteiger charge is -2.33. The van der Waals surface area contributed by atoms with Crippen LogP contribution in [0.5, 0.6) is 5.75 Å². The minimum Gasteiger partial charge on any atom is -0.406 e. The Labute approximate surface area is 164 Å². The van der Waals surface area contributed by atoms with Gasteiger partial charge in [-0.15, -0.1) is 13.2 Å². The topological polar surface area (TPSA) is 119 Å². The zero-order valence-electron chi connectivity index (χ0n) is 14.8. The summed E-state index contributed by atoms with van der Waals surface area (Å²) in [5.74, 6) is -0.997. The van der Waals surface area contributed by atoms with Gasteiger partial charge in [0.15, 0.2) is 11.5 Å². The highest BCUT2D eigenvalue weighted by Gasteiger charge is 2.33. The highest BCUT2D eigenvalue weighted by atomic mass is 32.2. The van der Waals surface area contributed by atoms with Gasteiger partial charge in [-0.25, -0.2) is 18.4 Å². The van der Waals surface area contributed by atoms with Gasteiger partial charge in [0, 0.05) is 38.6 Å². The minimum absolute atomic E-state index is 0.00897. The fraction of sp³-hybridized carbons (Fsp3) is 0.312. The molecule has 1 aromatic carbocycles. The quantitative estimate of drug-likeness (QED) is 0.770. The number of piperazine rings is 1. The van der Waals surface area contributed by atoms with Crippen LogP contribution < -0.4 is 10.5 Å². The van der Waals surface area contributed by atoms with E-state index in [9.17, 15) is 26.4 Å². The Morgan fingerprint density at radius 2 is 1.62 bits per heavy atom. The Balaban J connectivity index is 1.67. The largest absolute Gasteiger partial charge is 0.573 e. The number of ether oxygens (including phenoxy) is 1. The number of rotatable bonds is 4. The first-order valence-corrected chi connectivity index (χ1v) is 9.73. The summed E-state index contributed by atoms with van der Waals surface area (Å²) >= 11 is 0. The second kappa shape index (κ2) is 7.83. The molecule has 1 aliphatic heterocycles. The van der Waals surface area contributed by atoms with Crippen molar-refractivity contribution in [2.24, 2.45) is 0 Å². The van der Waals surface area contributed by atoms with E-state index in [1.54, 1.807) is 0 Å². The van der Waals surface area contributed by atoms with Crippen molar-refractivity contribution in [3.63, 3.8) is 0 Å². The number of alkyl halides is 3. The molecule has 2 N–H and O–H groups in total. The molecule has 1 fully saturated rings. The molecule has 0 spiro atoms. The number of hydrogen-bond acceptors (Lipinski definition) is 7. The molecule has 29 heavy (non-hydrogen) atoms. The van der Waals surface area contributed by atoms with Crippen LogP contribution in [0.25, 0.3) is 0 Å². The molecule has 2 heterocycles. The third-order valence-electron chi connectivity index (χ3n) is 4.15. The zero-order valence-corrected chi connectivity index (χ0v) is 15.7. The van der Waals surface area contributed by atoms with Gasteiger partial charge in [-0.2, -0.15) is 4.31 Å². The number of nitrogens with zero attached hydrogens (tertiary/aromatic N) is 4. The molecule has 1 aromatic heterocycles. The highest BCUT2D eigenvalue weighted by molar-refractivity contribution is 7.89. The number of aromatic nitrogens is 2. The second-order valence-electron chi connectivity index (χ2n) is 6.01. The number of halogens is 3. The number of benzene rings is 1. The number of amides is 1. The smallest absolute Gasteiger partial charge is 0.406 e. The lowest BCUT2D eigenvalue weighted by molar-refractivity contribution is -0.274. The number of nitrogen functional groups attached to an aromatic ring is 1. The molecule has 0 bridgehead atoms. The molecule has 13 heteroatoms. The fourth-order valence-electron chi connectivity index (χ4n) is 2.76. The average molecular weight is 431 g/mol. The molecular formula is C16H16F3N5O4S. The number of anilines is 1. The molecule has 1 aliphatic rings. The van der Waals surface area contributed by atoms with E-state index in [2.05, 4.69) is 14.7 Å². The lowest BCUT2D eigenvalue weighted by atomic mass is 10.3. The van der Waals surface area contributed by atoms with E-state index in [1.165, 1.54) is 17.3 Å². The minimum atomic E-state index is -4.87. The third-order valence-corrected chi connectivity index (χ3v) is 6.06. The maximum Gasteiger partial charge on any atom is 0.573 e. The van der Waals surface area contributed by atoms with Crippen LogP contribution in [0, 0.1) is 0 Å². The van der Waals surface area contributed by atoms with E-state index < -0.39 is 28.0 Å². The van der Waals surface area contributed by atoms with E-state index in [0.717, 1.165) is 28.6 Å². The first-order chi connectivity index (χ1) is 13.6. The molecule has 156 valence electrons. The predicted molar refractivity (Wildman–Crippen MR) is 94.2 cm³/mol.